The number of hydrogen-bond donors (Lipinski definition) is 2. The van der Waals surface area contributed by atoms with Gasteiger partial charge >= 0.3 is 5.97 Å². The number of ketones is 1. The van der Waals surface area contributed by atoms with Gasteiger partial charge in [0.2, 0.25) is 5.78 Å². The number of hydrazone groups is 1. The van der Waals surface area contributed by atoms with Crippen LogP contribution in [0.3, 0.4) is 0 Å². The number of nitrogens with zero attached hydrogens (tertiary/aromatic N) is 2. The predicted octanol–water partition coefficient (Wildman–Crippen LogP) is 5.42. The van der Waals surface area contributed by atoms with E-state index >= 15 is 0 Å². The molecule has 0 spiro atoms. The van der Waals surface area contributed by atoms with Gasteiger partial charge < -0.3 is 9.51 Å². The summed E-state index contributed by atoms with van der Waals surface area (Å²) in [5.74, 6) is -1.79. The quantitative estimate of drug-likeness (QED) is 0.234. The maximum Gasteiger partial charge on any atom is 0.337 e. The third-order valence-corrected chi connectivity index (χ3v) is 5.37. The summed E-state index contributed by atoms with van der Waals surface area (Å²) in [5, 5.41) is 13.6. The van der Waals surface area contributed by atoms with Gasteiger partial charge in [0.25, 0.3) is 0 Å². The standard InChI is InChI=1S/C24H17ClFN3O3/c1-14-19(13-27-28-17-9-10-20(25)18(12-17)24(31)32)21-4-2-3-11-29(21)22(14)23(30)15-5-7-16(26)8-6-15/h2-13,28H,1H3,(H,31,32). The second kappa shape index (κ2) is 8.64. The molecule has 4 rings (SSSR count). The smallest absolute Gasteiger partial charge is 0.337 e. The average molecular weight is 450 g/mol. The van der Waals surface area contributed by atoms with Gasteiger partial charge in [-0.15, -0.1) is 0 Å². The largest absolute Gasteiger partial charge is 0.478 e. The van der Waals surface area contributed by atoms with Crippen LogP contribution in [-0.4, -0.2) is 27.5 Å². The van der Waals surface area contributed by atoms with Crippen molar-refractivity contribution in [1.29, 1.82) is 0 Å². The molecule has 2 aromatic carbocycles. The number of pyridine rings is 1. The monoisotopic (exact) mass is 449 g/mol. The molecule has 0 radical (unpaired) electrons. The van der Waals surface area contributed by atoms with Gasteiger partial charge in [-0.1, -0.05) is 17.7 Å². The molecule has 160 valence electrons. The molecule has 0 aliphatic heterocycles. The molecule has 2 heterocycles. The lowest BCUT2D eigenvalue weighted by molar-refractivity contribution is 0.0697. The summed E-state index contributed by atoms with van der Waals surface area (Å²) in [6, 6.07) is 15.4. The zero-order valence-electron chi connectivity index (χ0n) is 16.8. The number of benzene rings is 2. The zero-order chi connectivity index (χ0) is 22.8. The number of carbonyl (C=O) groups excluding carboxylic acids is 1. The molecule has 0 saturated carbocycles. The molecule has 0 amide bonds. The Kier molecular flexibility index (Phi) is 5.75. The Morgan fingerprint density at radius 1 is 1.12 bits per heavy atom. The van der Waals surface area contributed by atoms with Crippen LogP contribution in [0.1, 0.15) is 37.5 Å². The summed E-state index contributed by atoms with van der Waals surface area (Å²) in [4.78, 5) is 24.4. The van der Waals surface area contributed by atoms with Gasteiger partial charge in [-0.05, 0) is 67.1 Å². The molecule has 2 aromatic heterocycles. The van der Waals surface area contributed by atoms with Gasteiger partial charge in [0.1, 0.15) is 5.82 Å². The molecule has 2 N–H and O–H groups in total. The van der Waals surface area contributed by atoms with Crippen LogP contribution in [0.4, 0.5) is 10.1 Å². The highest BCUT2D eigenvalue weighted by Gasteiger charge is 2.21. The van der Waals surface area contributed by atoms with Gasteiger partial charge in [0, 0.05) is 17.3 Å². The fourth-order valence-corrected chi connectivity index (χ4v) is 3.67. The van der Waals surface area contributed by atoms with Crippen LogP contribution in [0, 0.1) is 12.7 Å². The maximum atomic E-state index is 13.3. The van der Waals surface area contributed by atoms with Crippen molar-refractivity contribution in [3.05, 3.63) is 106 Å². The second-order valence-corrected chi connectivity index (χ2v) is 7.46. The first-order valence-electron chi connectivity index (χ1n) is 9.58. The molecular formula is C24H17ClFN3O3. The van der Waals surface area contributed by atoms with Crippen LogP contribution in [0.25, 0.3) is 5.52 Å². The first kappa shape index (κ1) is 21.3. The topological polar surface area (TPSA) is 83.2 Å². The predicted molar refractivity (Wildman–Crippen MR) is 122 cm³/mol. The van der Waals surface area contributed by atoms with Crippen molar-refractivity contribution in [1.82, 2.24) is 4.40 Å². The molecule has 8 heteroatoms. The van der Waals surface area contributed by atoms with Crippen LogP contribution in [-0.2, 0) is 0 Å². The van der Waals surface area contributed by atoms with Crippen LogP contribution in [0.2, 0.25) is 5.02 Å². The Morgan fingerprint density at radius 2 is 1.88 bits per heavy atom. The number of carbonyl (C=O) groups is 2. The van der Waals surface area contributed by atoms with Crippen LogP contribution in [0.5, 0.6) is 0 Å². The highest BCUT2D eigenvalue weighted by molar-refractivity contribution is 6.33. The molecule has 4 aromatic rings. The van der Waals surface area contributed by atoms with Crippen molar-refractivity contribution >= 4 is 40.8 Å². The zero-order valence-corrected chi connectivity index (χ0v) is 17.6. The van der Waals surface area contributed by atoms with E-state index in [1.807, 2.05) is 25.1 Å². The summed E-state index contributed by atoms with van der Waals surface area (Å²) >= 11 is 5.90. The van der Waals surface area contributed by atoms with Gasteiger partial charge in [0.05, 0.1) is 33.7 Å². The summed E-state index contributed by atoms with van der Waals surface area (Å²) in [6.45, 7) is 1.82. The van der Waals surface area contributed by atoms with Gasteiger partial charge in [-0.3, -0.25) is 10.2 Å². The van der Waals surface area contributed by atoms with E-state index in [4.69, 9.17) is 11.6 Å². The number of hydrogen-bond acceptors (Lipinski definition) is 4. The minimum Gasteiger partial charge on any atom is -0.478 e. The molecule has 32 heavy (non-hydrogen) atoms. The first-order valence-corrected chi connectivity index (χ1v) is 9.96. The molecule has 6 nitrogen and oxygen atoms in total. The van der Waals surface area contributed by atoms with Crippen LogP contribution in [0.15, 0.2) is 72.0 Å². The number of aromatic carboxylic acids is 1. The molecule has 0 aliphatic carbocycles. The van der Waals surface area contributed by atoms with E-state index in [2.05, 4.69) is 10.5 Å². The second-order valence-electron chi connectivity index (χ2n) is 7.05. The minimum atomic E-state index is -1.14. The number of nitrogens with one attached hydrogen (secondary N) is 1. The highest BCUT2D eigenvalue weighted by atomic mass is 35.5. The van der Waals surface area contributed by atoms with Crippen LogP contribution < -0.4 is 5.43 Å². The fourth-order valence-electron chi connectivity index (χ4n) is 3.47. The maximum absolute atomic E-state index is 13.3. The summed E-state index contributed by atoms with van der Waals surface area (Å²) in [7, 11) is 0. The molecule has 0 fully saturated rings. The Balaban J connectivity index is 1.70. The van der Waals surface area contributed by atoms with Crippen LogP contribution >= 0.6 is 11.6 Å². The summed E-state index contributed by atoms with van der Waals surface area (Å²) < 4.78 is 15.0. The number of halogens is 2. The first-order chi connectivity index (χ1) is 15.4. The van der Waals surface area contributed by atoms with Gasteiger partial charge in [-0.25, -0.2) is 9.18 Å². The normalized spacial score (nSPS) is 11.2. The van der Waals surface area contributed by atoms with Gasteiger partial charge in [0.15, 0.2) is 0 Å². The third-order valence-electron chi connectivity index (χ3n) is 5.04. The Labute approximate surface area is 187 Å². The lowest BCUT2D eigenvalue weighted by atomic mass is 10.0. The van der Waals surface area contributed by atoms with E-state index in [9.17, 15) is 19.1 Å². The van der Waals surface area contributed by atoms with Crippen molar-refractivity contribution in [2.24, 2.45) is 5.10 Å². The number of rotatable bonds is 6. The molecule has 0 saturated heterocycles. The van der Waals surface area contributed by atoms with E-state index in [0.717, 1.165) is 11.1 Å². The third kappa shape index (κ3) is 3.98. The molecule has 0 bridgehead atoms. The summed E-state index contributed by atoms with van der Waals surface area (Å²) in [5.41, 5.74) is 6.23. The lowest BCUT2D eigenvalue weighted by Crippen LogP contribution is -2.07. The van der Waals surface area contributed by atoms with E-state index in [1.165, 1.54) is 36.4 Å². The van der Waals surface area contributed by atoms with E-state index in [1.54, 1.807) is 22.9 Å². The number of fused-ring (bicyclic) bond motifs is 1. The fraction of sp³-hybridized carbons (Fsp3) is 0.0417. The molecule has 0 aliphatic rings. The number of anilines is 1. The van der Waals surface area contributed by atoms with E-state index in [-0.39, 0.29) is 16.4 Å². The summed E-state index contributed by atoms with van der Waals surface area (Å²) in [6.07, 6.45) is 3.35. The van der Waals surface area contributed by atoms with Crippen molar-refractivity contribution in [3.8, 4) is 0 Å². The Hall–Kier alpha value is -3.97. The van der Waals surface area contributed by atoms with E-state index in [0.29, 0.717) is 22.5 Å². The highest BCUT2D eigenvalue weighted by Crippen LogP contribution is 2.25. The van der Waals surface area contributed by atoms with E-state index < -0.39 is 11.8 Å². The van der Waals surface area contributed by atoms with Crippen molar-refractivity contribution in [3.63, 3.8) is 0 Å². The number of carboxylic acids is 1. The molecule has 0 unspecified atom stereocenters. The average Bonchev–Trinajstić information content (AvgIpc) is 3.06. The minimum absolute atomic E-state index is 0.0375. The number of carboxylic acid groups (broad SMARTS) is 1. The lowest BCUT2D eigenvalue weighted by Gasteiger charge is -2.04. The van der Waals surface area contributed by atoms with Crippen molar-refractivity contribution < 1.29 is 19.1 Å². The Morgan fingerprint density at radius 3 is 2.59 bits per heavy atom. The van der Waals surface area contributed by atoms with Gasteiger partial charge in [-0.2, -0.15) is 5.10 Å². The molecular weight excluding hydrogens is 433 g/mol. The molecule has 0 atom stereocenters. The number of aromatic nitrogens is 1. The van der Waals surface area contributed by atoms with Crippen molar-refractivity contribution in [2.75, 3.05) is 5.43 Å². The Bertz CT molecular complexity index is 1380. The SMILES string of the molecule is Cc1c(C=NNc2ccc(Cl)c(C(=O)O)c2)c2ccccn2c1C(=O)c1ccc(F)cc1. The van der Waals surface area contributed by atoms with Crippen molar-refractivity contribution in [2.45, 2.75) is 6.92 Å².